The summed E-state index contributed by atoms with van der Waals surface area (Å²) < 4.78 is 1.61. The fourth-order valence-corrected chi connectivity index (χ4v) is 1.73. The summed E-state index contributed by atoms with van der Waals surface area (Å²) in [6.07, 6.45) is 5.53. The average molecular weight is 251 g/mol. The zero-order valence-corrected chi connectivity index (χ0v) is 9.72. The number of hydrazine groups is 1. The molecule has 1 saturated carbocycles. The smallest absolute Gasteiger partial charge is 0.159 e. The number of nitrogens with two attached hydrogens (primary N) is 1. The van der Waals surface area contributed by atoms with Crippen molar-refractivity contribution in [1.29, 1.82) is 0 Å². The fourth-order valence-electron chi connectivity index (χ4n) is 1.59. The van der Waals surface area contributed by atoms with Crippen LogP contribution in [-0.4, -0.2) is 19.7 Å². The van der Waals surface area contributed by atoms with E-state index in [9.17, 15) is 0 Å². The molecule has 3 N–H and O–H groups in total. The van der Waals surface area contributed by atoms with Crippen LogP contribution < -0.4 is 11.3 Å². The minimum absolute atomic E-state index is 0.452. The van der Waals surface area contributed by atoms with Gasteiger partial charge in [0.25, 0.3) is 0 Å². The SMILES string of the molecule is NNc1cc(-n2cc(Cl)cn2)nc(C2CC2)n1. The van der Waals surface area contributed by atoms with Crippen LogP contribution in [0.25, 0.3) is 5.82 Å². The first-order chi connectivity index (χ1) is 8.26. The molecule has 2 heterocycles. The van der Waals surface area contributed by atoms with Gasteiger partial charge in [0.1, 0.15) is 11.6 Å². The van der Waals surface area contributed by atoms with E-state index >= 15 is 0 Å². The molecule has 3 rings (SSSR count). The van der Waals surface area contributed by atoms with Crippen LogP contribution in [0.3, 0.4) is 0 Å². The predicted octanol–water partition coefficient (Wildman–Crippen LogP) is 1.48. The van der Waals surface area contributed by atoms with Crippen LogP contribution in [0.4, 0.5) is 5.82 Å². The van der Waals surface area contributed by atoms with E-state index < -0.39 is 0 Å². The van der Waals surface area contributed by atoms with Crippen molar-refractivity contribution in [2.45, 2.75) is 18.8 Å². The predicted molar refractivity (Wildman–Crippen MR) is 63.9 cm³/mol. The third kappa shape index (κ3) is 2.09. The van der Waals surface area contributed by atoms with Crippen molar-refractivity contribution in [3.05, 3.63) is 29.3 Å². The molecule has 88 valence electrons. The van der Waals surface area contributed by atoms with Crippen molar-refractivity contribution in [2.24, 2.45) is 5.84 Å². The number of aromatic nitrogens is 4. The largest absolute Gasteiger partial charge is 0.308 e. The third-order valence-corrected chi connectivity index (χ3v) is 2.80. The minimum atomic E-state index is 0.452. The van der Waals surface area contributed by atoms with Crippen LogP contribution in [-0.2, 0) is 0 Å². The molecular weight excluding hydrogens is 240 g/mol. The number of halogens is 1. The Morgan fingerprint density at radius 1 is 1.41 bits per heavy atom. The second-order valence-corrected chi connectivity index (χ2v) is 4.43. The van der Waals surface area contributed by atoms with Gasteiger partial charge in [-0.2, -0.15) is 5.10 Å². The van der Waals surface area contributed by atoms with E-state index in [4.69, 9.17) is 17.4 Å². The second kappa shape index (κ2) is 3.97. The number of hydrogen-bond donors (Lipinski definition) is 2. The van der Waals surface area contributed by atoms with Gasteiger partial charge in [-0.1, -0.05) is 11.6 Å². The molecule has 0 amide bonds. The Labute approximate surface area is 103 Å². The number of rotatable bonds is 3. The maximum Gasteiger partial charge on any atom is 0.159 e. The average Bonchev–Trinajstić information content (AvgIpc) is 3.11. The zero-order chi connectivity index (χ0) is 11.8. The van der Waals surface area contributed by atoms with Crippen molar-refractivity contribution in [3.63, 3.8) is 0 Å². The van der Waals surface area contributed by atoms with E-state index in [0.29, 0.717) is 22.6 Å². The molecule has 0 spiro atoms. The van der Waals surface area contributed by atoms with Crippen molar-refractivity contribution in [3.8, 4) is 5.82 Å². The monoisotopic (exact) mass is 250 g/mol. The normalized spacial score (nSPS) is 14.9. The highest BCUT2D eigenvalue weighted by Crippen LogP contribution is 2.38. The summed E-state index contributed by atoms with van der Waals surface area (Å²) in [5.74, 6) is 7.91. The molecule has 0 unspecified atom stereocenters. The Balaban J connectivity index is 2.05. The first-order valence-electron chi connectivity index (χ1n) is 5.32. The highest BCUT2D eigenvalue weighted by atomic mass is 35.5. The van der Waals surface area contributed by atoms with Gasteiger partial charge in [-0.25, -0.2) is 20.5 Å². The summed E-state index contributed by atoms with van der Waals surface area (Å²) >= 11 is 5.83. The Morgan fingerprint density at radius 2 is 2.24 bits per heavy atom. The van der Waals surface area contributed by atoms with Gasteiger partial charge >= 0.3 is 0 Å². The van der Waals surface area contributed by atoms with Crippen molar-refractivity contribution < 1.29 is 0 Å². The summed E-state index contributed by atoms with van der Waals surface area (Å²) in [5.41, 5.74) is 2.54. The second-order valence-electron chi connectivity index (χ2n) is 3.99. The maximum absolute atomic E-state index is 5.83. The molecule has 2 aromatic heterocycles. The molecular formula is C10H11ClN6. The molecule has 1 aliphatic rings. The van der Waals surface area contributed by atoms with Crippen LogP contribution >= 0.6 is 11.6 Å². The zero-order valence-electron chi connectivity index (χ0n) is 8.97. The van der Waals surface area contributed by atoms with E-state index in [2.05, 4.69) is 20.5 Å². The minimum Gasteiger partial charge on any atom is -0.308 e. The summed E-state index contributed by atoms with van der Waals surface area (Å²) in [4.78, 5) is 8.79. The molecule has 1 fully saturated rings. The van der Waals surface area contributed by atoms with Crippen molar-refractivity contribution >= 4 is 17.4 Å². The maximum atomic E-state index is 5.83. The van der Waals surface area contributed by atoms with Crippen LogP contribution in [0, 0.1) is 0 Å². The third-order valence-electron chi connectivity index (χ3n) is 2.61. The van der Waals surface area contributed by atoms with Gasteiger partial charge in [0.2, 0.25) is 0 Å². The number of anilines is 1. The van der Waals surface area contributed by atoms with Gasteiger partial charge < -0.3 is 5.43 Å². The summed E-state index contributed by atoms with van der Waals surface area (Å²) in [5, 5.41) is 4.68. The molecule has 2 aromatic rings. The lowest BCUT2D eigenvalue weighted by Crippen LogP contribution is -2.12. The molecule has 7 heteroatoms. The van der Waals surface area contributed by atoms with Crippen molar-refractivity contribution in [1.82, 2.24) is 19.7 Å². The fraction of sp³-hybridized carbons (Fsp3) is 0.300. The van der Waals surface area contributed by atoms with Crippen LogP contribution in [0.5, 0.6) is 0 Å². The van der Waals surface area contributed by atoms with Gasteiger partial charge in [-0.05, 0) is 12.8 Å². The van der Waals surface area contributed by atoms with E-state index in [0.717, 1.165) is 18.7 Å². The first-order valence-corrected chi connectivity index (χ1v) is 5.70. The highest BCUT2D eigenvalue weighted by molar-refractivity contribution is 6.30. The topological polar surface area (TPSA) is 81.6 Å². The van der Waals surface area contributed by atoms with Crippen LogP contribution in [0.1, 0.15) is 24.6 Å². The molecule has 17 heavy (non-hydrogen) atoms. The lowest BCUT2D eigenvalue weighted by molar-refractivity contribution is 0.810. The quantitative estimate of drug-likeness (QED) is 0.637. The Hall–Kier alpha value is -1.66. The van der Waals surface area contributed by atoms with Crippen LogP contribution in [0.2, 0.25) is 5.02 Å². The van der Waals surface area contributed by atoms with Gasteiger partial charge in [0.05, 0.1) is 17.4 Å². The molecule has 0 aromatic carbocycles. The van der Waals surface area contributed by atoms with Gasteiger partial charge in [0, 0.05) is 12.0 Å². The highest BCUT2D eigenvalue weighted by Gasteiger charge is 2.27. The van der Waals surface area contributed by atoms with Gasteiger partial charge in [-0.3, -0.25) is 0 Å². The molecule has 6 nitrogen and oxygen atoms in total. The molecule has 1 aliphatic carbocycles. The summed E-state index contributed by atoms with van der Waals surface area (Å²) in [7, 11) is 0. The van der Waals surface area contributed by atoms with Crippen molar-refractivity contribution in [2.75, 3.05) is 5.43 Å². The number of nitrogens with zero attached hydrogens (tertiary/aromatic N) is 4. The summed E-state index contributed by atoms with van der Waals surface area (Å²) in [6, 6.07) is 1.73. The Morgan fingerprint density at radius 3 is 2.82 bits per heavy atom. The molecule has 0 saturated heterocycles. The molecule has 0 radical (unpaired) electrons. The number of hydrogen-bond acceptors (Lipinski definition) is 5. The number of nitrogens with one attached hydrogen (secondary N) is 1. The van der Waals surface area contributed by atoms with Gasteiger partial charge in [0.15, 0.2) is 5.82 Å². The number of nitrogen functional groups attached to an aromatic ring is 1. The standard InChI is InChI=1S/C10H11ClN6/c11-7-4-13-17(5-7)9-3-8(16-12)14-10(15-9)6-1-2-6/h3-6H,1-2,12H2,(H,14,15,16). The molecule has 0 bridgehead atoms. The summed E-state index contributed by atoms with van der Waals surface area (Å²) in [6.45, 7) is 0. The lowest BCUT2D eigenvalue weighted by Gasteiger charge is -2.06. The molecule has 0 aliphatic heterocycles. The van der Waals surface area contributed by atoms with Gasteiger partial charge in [-0.15, -0.1) is 0 Å². The van der Waals surface area contributed by atoms with E-state index in [-0.39, 0.29) is 0 Å². The van der Waals surface area contributed by atoms with E-state index in [1.54, 1.807) is 23.1 Å². The Kier molecular flexibility index (Phi) is 2.45. The molecule has 0 atom stereocenters. The van der Waals surface area contributed by atoms with E-state index in [1.807, 2.05) is 0 Å². The lowest BCUT2D eigenvalue weighted by atomic mass is 10.4. The van der Waals surface area contributed by atoms with E-state index in [1.165, 1.54) is 0 Å². The first kappa shape index (κ1) is 10.5. The van der Waals surface area contributed by atoms with Crippen LogP contribution in [0.15, 0.2) is 18.5 Å². The Bertz CT molecular complexity index is 547.